The smallest absolute Gasteiger partial charge is 0.114 e. The highest BCUT2D eigenvalue weighted by atomic mass is 35.7. The van der Waals surface area contributed by atoms with Gasteiger partial charge < -0.3 is 0 Å². The molecule has 0 heterocycles. The lowest BCUT2D eigenvalue weighted by molar-refractivity contribution is 0.552. The first-order valence-corrected chi connectivity index (χ1v) is 5.32. The molecule has 54 valence electrons. The summed E-state index contributed by atoms with van der Waals surface area (Å²) >= 11 is 0. The van der Waals surface area contributed by atoms with Crippen LogP contribution in [-0.4, -0.2) is 9.96 Å². The van der Waals surface area contributed by atoms with Crippen molar-refractivity contribution in [3.63, 3.8) is 0 Å². The van der Waals surface area contributed by atoms with E-state index in [1.54, 1.807) is 0 Å². The van der Waals surface area contributed by atoms with Crippen molar-refractivity contribution < 1.29 is 4.21 Å². The maximum Gasteiger partial charge on any atom is 0.114 e. The lowest BCUT2D eigenvalue weighted by Gasteiger charge is -2.02. The molecule has 0 aromatic heterocycles. The number of halogens is 1. The van der Waals surface area contributed by atoms with Gasteiger partial charge in [0.05, 0.1) is 0 Å². The van der Waals surface area contributed by atoms with Crippen molar-refractivity contribution in [2.24, 2.45) is 5.41 Å². The van der Waals surface area contributed by atoms with E-state index in [9.17, 15) is 4.21 Å². The highest BCUT2D eigenvalue weighted by molar-refractivity contribution is 8.08. The Morgan fingerprint density at radius 2 is 2.22 bits per heavy atom. The van der Waals surface area contributed by atoms with E-state index in [0.717, 1.165) is 6.42 Å². The van der Waals surface area contributed by atoms with E-state index >= 15 is 0 Å². The minimum atomic E-state index is -1.10. The van der Waals surface area contributed by atoms with Crippen LogP contribution in [0, 0.1) is 5.41 Å². The monoisotopic (exact) mass is 166 g/mol. The molecule has 1 nitrogen and oxygen atoms in total. The van der Waals surface area contributed by atoms with Gasteiger partial charge in [0.2, 0.25) is 0 Å². The molecule has 0 saturated heterocycles. The van der Waals surface area contributed by atoms with Gasteiger partial charge in [-0.05, 0) is 35.4 Å². The summed E-state index contributed by atoms with van der Waals surface area (Å²) in [6.07, 6.45) is 3.62. The Morgan fingerprint density at radius 3 is 2.56 bits per heavy atom. The summed E-state index contributed by atoms with van der Waals surface area (Å²) in [7, 11) is 4.18. The van der Waals surface area contributed by atoms with Crippen LogP contribution in [0.5, 0.6) is 0 Å². The molecule has 1 aliphatic rings. The first-order valence-electron chi connectivity index (χ1n) is 3.17. The molecule has 3 heteroatoms. The van der Waals surface area contributed by atoms with E-state index in [0.29, 0.717) is 11.2 Å². The van der Waals surface area contributed by atoms with Gasteiger partial charge in [-0.15, -0.1) is 0 Å². The van der Waals surface area contributed by atoms with E-state index < -0.39 is 10.0 Å². The molecule has 0 aromatic carbocycles. The molecule has 1 unspecified atom stereocenters. The molecule has 0 amide bonds. The van der Waals surface area contributed by atoms with Crippen molar-refractivity contribution in [3.05, 3.63) is 0 Å². The predicted octanol–water partition coefficient (Wildman–Crippen LogP) is 2.08. The van der Waals surface area contributed by atoms with Crippen molar-refractivity contribution in [3.8, 4) is 0 Å². The van der Waals surface area contributed by atoms with Crippen LogP contribution in [0.25, 0.3) is 0 Å². The molecule has 0 radical (unpaired) electrons. The van der Waals surface area contributed by atoms with Gasteiger partial charge in [0.15, 0.2) is 0 Å². The summed E-state index contributed by atoms with van der Waals surface area (Å²) in [5.41, 5.74) is 0.505. The molecule has 0 aromatic rings. The fourth-order valence-electron chi connectivity index (χ4n) is 0.790. The van der Waals surface area contributed by atoms with Gasteiger partial charge in [-0.1, -0.05) is 6.92 Å². The summed E-state index contributed by atoms with van der Waals surface area (Å²) < 4.78 is 10.4. The molecule has 0 N–H and O–H groups in total. The van der Waals surface area contributed by atoms with E-state index in [-0.39, 0.29) is 0 Å². The SMILES string of the molecule is CC1(CCS(=O)Cl)CC1. The Kier molecular flexibility index (Phi) is 2.17. The molecule has 1 saturated carbocycles. The normalized spacial score (nSPS) is 25.6. The summed E-state index contributed by atoms with van der Waals surface area (Å²) in [5, 5.41) is 0. The lowest BCUT2D eigenvalue weighted by atomic mass is 10.1. The van der Waals surface area contributed by atoms with Gasteiger partial charge in [-0.2, -0.15) is 0 Å². The molecule has 0 bridgehead atoms. The van der Waals surface area contributed by atoms with Crippen molar-refractivity contribution in [2.45, 2.75) is 26.2 Å². The molecule has 1 fully saturated rings. The van der Waals surface area contributed by atoms with Crippen molar-refractivity contribution in [1.82, 2.24) is 0 Å². The molecule has 1 rings (SSSR count). The molecular formula is C6H11ClOS. The summed E-state index contributed by atoms with van der Waals surface area (Å²) in [4.78, 5) is 0. The molecule has 1 aliphatic carbocycles. The highest BCUT2D eigenvalue weighted by Crippen LogP contribution is 2.48. The minimum absolute atomic E-state index is 0.505. The molecular weight excluding hydrogens is 156 g/mol. The van der Waals surface area contributed by atoms with Crippen molar-refractivity contribution in [2.75, 3.05) is 5.75 Å². The van der Waals surface area contributed by atoms with E-state index in [1.165, 1.54) is 12.8 Å². The zero-order valence-corrected chi connectivity index (χ0v) is 7.10. The summed E-state index contributed by atoms with van der Waals surface area (Å²) in [6, 6.07) is 0. The van der Waals surface area contributed by atoms with Gasteiger partial charge in [-0.25, -0.2) is 4.21 Å². The number of rotatable bonds is 3. The maximum absolute atomic E-state index is 10.4. The number of hydrogen-bond acceptors (Lipinski definition) is 1. The number of hydrogen-bond donors (Lipinski definition) is 0. The minimum Gasteiger partial charge on any atom is -0.243 e. The molecule has 9 heavy (non-hydrogen) atoms. The van der Waals surface area contributed by atoms with Crippen LogP contribution in [0.4, 0.5) is 0 Å². The van der Waals surface area contributed by atoms with Crippen LogP contribution < -0.4 is 0 Å². The Morgan fingerprint density at radius 1 is 1.67 bits per heavy atom. The van der Waals surface area contributed by atoms with Crippen LogP contribution in [0.15, 0.2) is 0 Å². The maximum atomic E-state index is 10.4. The first kappa shape index (κ1) is 7.55. The third-order valence-electron chi connectivity index (χ3n) is 1.97. The standard InChI is InChI=1S/C6H11ClOS/c1-6(2-3-6)4-5-9(7)8/h2-5H2,1H3. The van der Waals surface area contributed by atoms with Gasteiger partial charge in [0.25, 0.3) is 0 Å². The Labute approximate surface area is 62.7 Å². The Balaban J connectivity index is 2.12. The second-order valence-electron chi connectivity index (χ2n) is 3.05. The Hall–Kier alpha value is 0.440. The fourth-order valence-corrected chi connectivity index (χ4v) is 1.67. The van der Waals surface area contributed by atoms with Crippen LogP contribution in [-0.2, 0) is 10.0 Å². The summed E-state index contributed by atoms with van der Waals surface area (Å²) in [5.74, 6) is 0.665. The molecule has 0 spiro atoms. The first-order chi connectivity index (χ1) is 4.12. The zero-order chi connectivity index (χ0) is 6.91. The third-order valence-corrected chi connectivity index (χ3v) is 2.96. The largest absolute Gasteiger partial charge is 0.243 e. The molecule has 1 atom stereocenters. The van der Waals surface area contributed by atoms with Crippen LogP contribution in [0.2, 0.25) is 0 Å². The van der Waals surface area contributed by atoms with Crippen LogP contribution >= 0.6 is 10.7 Å². The third kappa shape index (κ3) is 2.67. The second-order valence-corrected chi connectivity index (χ2v) is 5.08. The summed E-state index contributed by atoms with van der Waals surface area (Å²) in [6.45, 7) is 2.22. The molecule has 0 aliphatic heterocycles. The zero-order valence-electron chi connectivity index (χ0n) is 5.52. The van der Waals surface area contributed by atoms with Gasteiger partial charge in [0, 0.05) is 5.75 Å². The quantitative estimate of drug-likeness (QED) is 0.587. The van der Waals surface area contributed by atoms with Gasteiger partial charge in [0.1, 0.15) is 10.0 Å². The second kappa shape index (κ2) is 2.59. The average molecular weight is 167 g/mol. The van der Waals surface area contributed by atoms with E-state index in [4.69, 9.17) is 10.7 Å². The van der Waals surface area contributed by atoms with Crippen LogP contribution in [0.3, 0.4) is 0 Å². The van der Waals surface area contributed by atoms with E-state index in [2.05, 4.69) is 6.92 Å². The van der Waals surface area contributed by atoms with Crippen molar-refractivity contribution in [1.29, 1.82) is 0 Å². The van der Waals surface area contributed by atoms with Gasteiger partial charge >= 0.3 is 0 Å². The van der Waals surface area contributed by atoms with Crippen molar-refractivity contribution >= 4 is 20.7 Å². The topological polar surface area (TPSA) is 17.1 Å². The van der Waals surface area contributed by atoms with Gasteiger partial charge in [-0.3, -0.25) is 0 Å². The highest BCUT2D eigenvalue weighted by Gasteiger charge is 2.36. The fraction of sp³-hybridized carbons (Fsp3) is 1.00. The lowest BCUT2D eigenvalue weighted by Crippen LogP contribution is -1.98. The average Bonchev–Trinajstić information content (AvgIpc) is 2.45. The Bertz CT molecular complexity index is 131. The van der Waals surface area contributed by atoms with Crippen LogP contribution in [0.1, 0.15) is 26.2 Å². The van der Waals surface area contributed by atoms with E-state index in [1.807, 2.05) is 0 Å². The predicted molar refractivity (Wildman–Crippen MR) is 40.8 cm³/mol.